The molecule has 0 saturated carbocycles. The van der Waals surface area contributed by atoms with Crippen molar-refractivity contribution < 1.29 is 21.6 Å². The molecule has 0 amide bonds. The summed E-state index contributed by atoms with van der Waals surface area (Å²) in [5, 5.41) is 5.06. The van der Waals surface area contributed by atoms with E-state index >= 15 is 0 Å². The Balaban J connectivity index is 2.15. The zero-order valence-corrected chi connectivity index (χ0v) is 17.4. The van der Waals surface area contributed by atoms with Gasteiger partial charge in [-0.2, -0.15) is 0 Å². The summed E-state index contributed by atoms with van der Waals surface area (Å²) >= 11 is 0. The topological polar surface area (TPSA) is 116 Å². The van der Waals surface area contributed by atoms with E-state index in [1.165, 1.54) is 12.1 Å². The maximum Gasteiger partial charge on any atom is 0.241 e. The molecular weight excluding hydrogens is 388 g/mol. The molecule has 3 N–H and O–H groups in total. The van der Waals surface area contributed by atoms with Gasteiger partial charge >= 0.3 is 0 Å². The third-order valence-corrected chi connectivity index (χ3v) is 7.10. The van der Waals surface area contributed by atoms with Crippen LogP contribution in [-0.2, 0) is 26.5 Å². The average Bonchev–Trinajstić information content (AvgIpc) is 2.57. The Morgan fingerprint density at radius 2 is 1.59 bits per heavy atom. The molecule has 0 aliphatic carbocycles. The highest BCUT2D eigenvalue weighted by Crippen LogP contribution is 2.30. The fourth-order valence-electron chi connectivity index (χ4n) is 2.89. The molecule has 27 heavy (non-hydrogen) atoms. The number of ether oxygens (including phenoxy) is 1. The lowest BCUT2D eigenvalue weighted by atomic mass is 10.1. The minimum absolute atomic E-state index is 0.0202. The molecule has 0 spiro atoms. The van der Waals surface area contributed by atoms with E-state index in [1.54, 1.807) is 39.2 Å². The maximum absolute atomic E-state index is 12.8. The second-order valence-corrected chi connectivity index (χ2v) is 9.58. The Kier molecular flexibility index (Phi) is 6.31. The van der Waals surface area contributed by atoms with Crippen molar-refractivity contribution in [3.05, 3.63) is 52.6 Å². The molecule has 2 rings (SSSR count). The quantitative estimate of drug-likeness (QED) is 0.719. The molecule has 0 unspecified atom stereocenters. The first kappa shape index (κ1) is 21.4. The molecule has 0 saturated heterocycles. The third-order valence-electron chi connectivity index (χ3n) is 4.42. The molecule has 2 aromatic rings. The number of aryl methyl sites for hydroxylation is 1. The van der Waals surface area contributed by atoms with Crippen molar-refractivity contribution >= 4 is 20.0 Å². The lowest BCUT2D eigenvalue weighted by molar-refractivity contribution is 0.410. The standard InChI is InChI=1S/C18H24N2O5S2/c1-12-11-17(25-4)13(2)14(3)18(12)27(23,24)20-10-9-15-5-7-16(8-6-15)26(19,21)22/h5-8,11,20H,9-10H2,1-4H3,(H2,19,21,22). The number of benzene rings is 2. The maximum atomic E-state index is 12.8. The number of hydrogen-bond donors (Lipinski definition) is 2. The zero-order valence-electron chi connectivity index (χ0n) is 15.7. The van der Waals surface area contributed by atoms with Crippen LogP contribution in [0.3, 0.4) is 0 Å². The average molecular weight is 413 g/mol. The first-order valence-corrected chi connectivity index (χ1v) is 11.3. The van der Waals surface area contributed by atoms with Gasteiger partial charge in [-0.1, -0.05) is 12.1 Å². The Morgan fingerprint density at radius 3 is 2.11 bits per heavy atom. The summed E-state index contributed by atoms with van der Waals surface area (Å²) in [6.07, 6.45) is 0.414. The molecule has 2 aromatic carbocycles. The van der Waals surface area contributed by atoms with E-state index in [4.69, 9.17) is 9.88 Å². The minimum atomic E-state index is -3.74. The van der Waals surface area contributed by atoms with Gasteiger partial charge in [0.05, 0.1) is 16.9 Å². The molecule has 0 heterocycles. The summed E-state index contributed by atoms with van der Waals surface area (Å²) in [6.45, 7) is 5.49. The number of nitrogens with one attached hydrogen (secondary N) is 1. The normalized spacial score (nSPS) is 12.2. The van der Waals surface area contributed by atoms with Crippen LogP contribution in [0.15, 0.2) is 40.1 Å². The largest absolute Gasteiger partial charge is 0.496 e. The molecule has 0 atom stereocenters. The highest BCUT2D eigenvalue weighted by molar-refractivity contribution is 7.89. The van der Waals surface area contributed by atoms with E-state index in [1.807, 2.05) is 6.92 Å². The van der Waals surface area contributed by atoms with Crippen LogP contribution in [0, 0.1) is 20.8 Å². The molecular formula is C18H24N2O5S2. The summed E-state index contributed by atoms with van der Waals surface area (Å²) in [6, 6.07) is 7.74. The minimum Gasteiger partial charge on any atom is -0.496 e. The molecule has 0 aliphatic rings. The van der Waals surface area contributed by atoms with Crippen LogP contribution in [0.5, 0.6) is 5.75 Å². The van der Waals surface area contributed by atoms with Crippen LogP contribution in [0.2, 0.25) is 0 Å². The molecule has 0 radical (unpaired) electrons. The van der Waals surface area contributed by atoms with Crippen molar-refractivity contribution in [2.24, 2.45) is 5.14 Å². The lowest BCUT2D eigenvalue weighted by Crippen LogP contribution is -2.27. The van der Waals surface area contributed by atoms with Crippen molar-refractivity contribution in [2.45, 2.75) is 37.0 Å². The predicted octanol–water partition coefficient (Wildman–Crippen LogP) is 1.79. The number of primary sulfonamides is 1. The van der Waals surface area contributed by atoms with Gasteiger partial charge in [0.1, 0.15) is 5.75 Å². The van der Waals surface area contributed by atoms with Crippen LogP contribution in [0.25, 0.3) is 0 Å². The van der Waals surface area contributed by atoms with Crippen molar-refractivity contribution in [1.29, 1.82) is 0 Å². The molecule has 0 aliphatic heterocycles. The van der Waals surface area contributed by atoms with E-state index in [0.717, 1.165) is 11.1 Å². The van der Waals surface area contributed by atoms with Gasteiger partial charge in [0, 0.05) is 6.54 Å². The van der Waals surface area contributed by atoms with E-state index in [0.29, 0.717) is 23.3 Å². The Bertz CT molecular complexity index is 1040. The van der Waals surface area contributed by atoms with Gasteiger partial charge in [-0.25, -0.2) is 26.7 Å². The monoisotopic (exact) mass is 412 g/mol. The van der Waals surface area contributed by atoms with Gasteiger partial charge in [0.2, 0.25) is 20.0 Å². The van der Waals surface area contributed by atoms with Crippen LogP contribution in [0.1, 0.15) is 22.3 Å². The Morgan fingerprint density at radius 1 is 1.00 bits per heavy atom. The van der Waals surface area contributed by atoms with Crippen molar-refractivity contribution in [3.63, 3.8) is 0 Å². The van der Waals surface area contributed by atoms with E-state index < -0.39 is 20.0 Å². The highest BCUT2D eigenvalue weighted by atomic mass is 32.2. The molecule has 9 heteroatoms. The summed E-state index contributed by atoms with van der Waals surface area (Å²) in [5.74, 6) is 0.652. The van der Waals surface area contributed by atoms with Gasteiger partial charge in [-0.3, -0.25) is 0 Å². The van der Waals surface area contributed by atoms with Crippen LogP contribution in [-0.4, -0.2) is 30.5 Å². The summed E-state index contributed by atoms with van der Waals surface area (Å²) < 4.78 is 55.9. The first-order chi connectivity index (χ1) is 12.5. The van der Waals surface area contributed by atoms with Gasteiger partial charge < -0.3 is 4.74 Å². The summed E-state index contributed by atoms with van der Waals surface area (Å²) in [5.41, 5.74) is 2.84. The van der Waals surface area contributed by atoms with Gasteiger partial charge in [0.15, 0.2) is 0 Å². The fraction of sp³-hybridized carbons (Fsp3) is 0.333. The smallest absolute Gasteiger partial charge is 0.241 e. The Labute approximate surface area is 160 Å². The molecule has 0 bridgehead atoms. The summed E-state index contributed by atoms with van der Waals surface area (Å²) in [4.78, 5) is 0.275. The van der Waals surface area contributed by atoms with Crippen molar-refractivity contribution in [3.8, 4) is 5.75 Å². The number of sulfonamides is 2. The second-order valence-electron chi connectivity index (χ2n) is 6.31. The lowest BCUT2D eigenvalue weighted by Gasteiger charge is -2.16. The summed E-state index contributed by atoms with van der Waals surface area (Å²) in [7, 11) is -5.88. The van der Waals surface area contributed by atoms with Gasteiger partial charge in [0.25, 0.3) is 0 Å². The van der Waals surface area contributed by atoms with Crippen LogP contribution >= 0.6 is 0 Å². The Hall–Kier alpha value is -1.94. The zero-order chi connectivity index (χ0) is 20.4. The van der Waals surface area contributed by atoms with Crippen molar-refractivity contribution in [1.82, 2.24) is 4.72 Å². The first-order valence-electron chi connectivity index (χ1n) is 8.23. The molecule has 0 fully saturated rings. The van der Waals surface area contributed by atoms with E-state index in [-0.39, 0.29) is 16.3 Å². The van der Waals surface area contributed by atoms with E-state index in [9.17, 15) is 16.8 Å². The van der Waals surface area contributed by atoms with Crippen LogP contribution < -0.4 is 14.6 Å². The molecule has 148 valence electrons. The highest BCUT2D eigenvalue weighted by Gasteiger charge is 2.22. The predicted molar refractivity (Wildman–Crippen MR) is 104 cm³/mol. The number of rotatable bonds is 7. The van der Waals surface area contributed by atoms with Gasteiger partial charge in [-0.05, 0) is 67.6 Å². The fourth-order valence-corrected chi connectivity index (χ4v) is 4.96. The second kappa shape index (κ2) is 7.97. The molecule has 7 nitrogen and oxygen atoms in total. The number of nitrogens with two attached hydrogens (primary N) is 1. The van der Waals surface area contributed by atoms with Crippen molar-refractivity contribution in [2.75, 3.05) is 13.7 Å². The molecule has 0 aromatic heterocycles. The number of hydrogen-bond acceptors (Lipinski definition) is 5. The van der Waals surface area contributed by atoms with Gasteiger partial charge in [-0.15, -0.1) is 0 Å². The third kappa shape index (κ3) is 4.86. The number of methoxy groups -OCH3 is 1. The van der Waals surface area contributed by atoms with Crippen LogP contribution in [0.4, 0.5) is 0 Å². The SMILES string of the molecule is COc1cc(C)c(S(=O)(=O)NCCc2ccc(S(N)(=O)=O)cc2)c(C)c1C. The van der Waals surface area contributed by atoms with E-state index in [2.05, 4.69) is 4.72 Å².